The van der Waals surface area contributed by atoms with E-state index in [-0.39, 0.29) is 6.61 Å². The largest absolute Gasteiger partial charge is 0.394 e. The zero-order chi connectivity index (χ0) is 13.0. The van der Waals surface area contributed by atoms with E-state index in [9.17, 15) is 0 Å². The molecular formula is C13H27N3O2. The average molecular weight is 257 g/mol. The summed E-state index contributed by atoms with van der Waals surface area (Å²) in [6, 6.07) is 0.687. The first kappa shape index (κ1) is 14.2. The van der Waals surface area contributed by atoms with E-state index in [2.05, 4.69) is 9.80 Å². The number of hydrogen-bond acceptors (Lipinski definition) is 5. The van der Waals surface area contributed by atoms with Gasteiger partial charge in [-0.3, -0.25) is 4.90 Å². The minimum Gasteiger partial charge on any atom is -0.394 e. The summed E-state index contributed by atoms with van der Waals surface area (Å²) in [6.07, 6.45) is 2.11. The van der Waals surface area contributed by atoms with Gasteiger partial charge < -0.3 is 20.5 Å². The van der Waals surface area contributed by atoms with E-state index < -0.39 is 5.54 Å². The number of rotatable bonds is 5. The van der Waals surface area contributed by atoms with Crippen molar-refractivity contribution in [1.29, 1.82) is 0 Å². The Hall–Kier alpha value is -0.200. The fraction of sp³-hybridized carbons (Fsp3) is 1.00. The van der Waals surface area contributed by atoms with Crippen LogP contribution >= 0.6 is 0 Å². The molecule has 0 bridgehead atoms. The summed E-state index contributed by atoms with van der Waals surface area (Å²) in [6.45, 7) is 9.17. The predicted molar refractivity (Wildman–Crippen MR) is 71.5 cm³/mol. The molecule has 106 valence electrons. The maximum Gasteiger partial charge on any atom is 0.0608 e. The summed E-state index contributed by atoms with van der Waals surface area (Å²) in [4.78, 5) is 5.03. The number of aliphatic hydroxyl groups is 1. The minimum atomic E-state index is -0.433. The van der Waals surface area contributed by atoms with Crippen LogP contribution in [0.1, 0.15) is 19.8 Å². The molecular weight excluding hydrogens is 230 g/mol. The van der Waals surface area contributed by atoms with Gasteiger partial charge in [-0.1, -0.05) is 0 Å². The number of aliphatic hydroxyl groups excluding tert-OH is 1. The number of likely N-dealkylation sites (tertiary alicyclic amines) is 1. The van der Waals surface area contributed by atoms with Crippen molar-refractivity contribution < 1.29 is 9.84 Å². The van der Waals surface area contributed by atoms with Crippen molar-refractivity contribution in [2.75, 3.05) is 52.5 Å². The van der Waals surface area contributed by atoms with Gasteiger partial charge in [-0.15, -0.1) is 0 Å². The van der Waals surface area contributed by atoms with Crippen molar-refractivity contribution in [3.8, 4) is 0 Å². The van der Waals surface area contributed by atoms with Crippen LogP contribution in [0.3, 0.4) is 0 Å². The van der Waals surface area contributed by atoms with Gasteiger partial charge in [0, 0.05) is 37.8 Å². The number of ether oxygens (including phenoxy) is 1. The highest BCUT2D eigenvalue weighted by Gasteiger charge is 2.29. The molecule has 0 saturated carbocycles. The van der Waals surface area contributed by atoms with Gasteiger partial charge in [0.2, 0.25) is 0 Å². The van der Waals surface area contributed by atoms with Gasteiger partial charge in [0.1, 0.15) is 0 Å². The molecule has 5 nitrogen and oxygen atoms in total. The van der Waals surface area contributed by atoms with Crippen LogP contribution in [0.15, 0.2) is 0 Å². The van der Waals surface area contributed by atoms with E-state index in [1.807, 2.05) is 6.92 Å². The van der Waals surface area contributed by atoms with E-state index in [1.165, 1.54) is 6.42 Å². The molecule has 2 heterocycles. The Kier molecular flexibility index (Phi) is 4.98. The van der Waals surface area contributed by atoms with Crippen molar-refractivity contribution >= 4 is 0 Å². The molecule has 0 spiro atoms. The summed E-state index contributed by atoms with van der Waals surface area (Å²) in [5.41, 5.74) is 5.53. The molecule has 0 aromatic carbocycles. The highest BCUT2D eigenvalue weighted by atomic mass is 16.5. The Morgan fingerprint density at radius 3 is 2.72 bits per heavy atom. The molecule has 2 aliphatic heterocycles. The van der Waals surface area contributed by atoms with Gasteiger partial charge in [0.05, 0.1) is 19.8 Å². The third kappa shape index (κ3) is 3.90. The first-order valence-electron chi connectivity index (χ1n) is 7.05. The summed E-state index contributed by atoms with van der Waals surface area (Å²) < 4.78 is 5.39. The van der Waals surface area contributed by atoms with Crippen LogP contribution in [-0.4, -0.2) is 79.0 Å². The molecule has 2 fully saturated rings. The Bertz CT molecular complexity index is 255. The second kappa shape index (κ2) is 6.30. The summed E-state index contributed by atoms with van der Waals surface area (Å²) in [7, 11) is 0. The predicted octanol–water partition coefficient (Wildman–Crippen LogP) is -0.507. The van der Waals surface area contributed by atoms with Crippen molar-refractivity contribution in [1.82, 2.24) is 9.80 Å². The van der Waals surface area contributed by atoms with Crippen LogP contribution in [0.25, 0.3) is 0 Å². The van der Waals surface area contributed by atoms with Crippen LogP contribution in [0, 0.1) is 0 Å². The lowest BCUT2D eigenvalue weighted by Crippen LogP contribution is -2.46. The van der Waals surface area contributed by atoms with Crippen molar-refractivity contribution in [3.05, 3.63) is 0 Å². The Labute approximate surface area is 110 Å². The molecule has 0 aromatic heterocycles. The molecule has 0 radical (unpaired) electrons. The van der Waals surface area contributed by atoms with Gasteiger partial charge in [0.25, 0.3) is 0 Å². The first-order valence-corrected chi connectivity index (χ1v) is 7.05. The summed E-state index contributed by atoms with van der Waals surface area (Å²) >= 11 is 0. The summed E-state index contributed by atoms with van der Waals surface area (Å²) in [5, 5.41) is 9.16. The van der Waals surface area contributed by atoms with E-state index in [0.29, 0.717) is 6.04 Å². The number of morpholine rings is 1. The molecule has 18 heavy (non-hydrogen) atoms. The molecule has 0 aliphatic carbocycles. The molecule has 2 aliphatic rings. The molecule has 2 unspecified atom stereocenters. The second-order valence-electron chi connectivity index (χ2n) is 5.95. The van der Waals surface area contributed by atoms with Crippen LogP contribution in [0.2, 0.25) is 0 Å². The number of nitrogens with zero attached hydrogens (tertiary/aromatic N) is 2. The molecule has 3 N–H and O–H groups in total. The Morgan fingerprint density at radius 2 is 2.06 bits per heavy atom. The minimum absolute atomic E-state index is 0.0632. The Balaban J connectivity index is 1.71. The lowest BCUT2D eigenvalue weighted by molar-refractivity contribution is 0.0183. The first-order chi connectivity index (χ1) is 8.61. The molecule has 0 aromatic rings. The quantitative estimate of drug-likeness (QED) is 0.695. The maximum atomic E-state index is 9.16. The fourth-order valence-electron chi connectivity index (χ4n) is 2.75. The van der Waals surface area contributed by atoms with Crippen molar-refractivity contribution in [2.24, 2.45) is 5.73 Å². The Morgan fingerprint density at radius 1 is 1.33 bits per heavy atom. The molecule has 2 atom stereocenters. The zero-order valence-corrected chi connectivity index (χ0v) is 11.5. The molecule has 2 saturated heterocycles. The van der Waals surface area contributed by atoms with Crippen LogP contribution in [0.4, 0.5) is 0 Å². The van der Waals surface area contributed by atoms with Crippen LogP contribution in [-0.2, 0) is 4.74 Å². The topological polar surface area (TPSA) is 62.0 Å². The standard InChI is InChI=1S/C13H27N3O2/c1-13(14,11-17)3-5-15-4-2-12(10-15)16-6-8-18-9-7-16/h12,17H,2-11,14H2,1H3. The van der Waals surface area contributed by atoms with E-state index in [0.717, 1.165) is 52.4 Å². The zero-order valence-electron chi connectivity index (χ0n) is 11.5. The molecule has 2 rings (SSSR count). The lowest BCUT2D eigenvalue weighted by Gasteiger charge is -2.32. The lowest BCUT2D eigenvalue weighted by atomic mass is 10.0. The molecule has 5 heteroatoms. The van der Waals surface area contributed by atoms with E-state index in [4.69, 9.17) is 15.6 Å². The second-order valence-corrected chi connectivity index (χ2v) is 5.95. The number of hydrogen-bond donors (Lipinski definition) is 2. The average Bonchev–Trinajstić information content (AvgIpc) is 2.86. The third-order valence-electron chi connectivity index (χ3n) is 4.17. The van der Waals surface area contributed by atoms with Crippen LogP contribution < -0.4 is 5.73 Å². The third-order valence-corrected chi connectivity index (χ3v) is 4.17. The van der Waals surface area contributed by atoms with Crippen LogP contribution in [0.5, 0.6) is 0 Å². The molecule has 0 amide bonds. The monoisotopic (exact) mass is 257 g/mol. The van der Waals surface area contributed by atoms with Crippen molar-refractivity contribution in [2.45, 2.75) is 31.3 Å². The summed E-state index contributed by atoms with van der Waals surface area (Å²) in [5.74, 6) is 0. The van der Waals surface area contributed by atoms with E-state index in [1.54, 1.807) is 0 Å². The van der Waals surface area contributed by atoms with Gasteiger partial charge in [-0.2, -0.15) is 0 Å². The van der Waals surface area contributed by atoms with Gasteiger partial charge >= 0.3 is 0 Å². The van der Waals surface area contributed by atoms with Gasteiger partial charge in [0.15, 0.2) is 0 Å². The normalized spacial score (nSPS) is 30.5. The smallest absolute Gasteiger partial charge is 0.0608 e. The fourth-order valence-corrected chi connectivity index (χ4v) is 2.75. The number of nitrogens with two attached hydrogens (primary N) is 1. The van der Waals surface area contributed by atoms with Gasteiger partial charge in [-0.05, 0) is 26.3 Å². The highest BCUT2D eigenvalue weighted by Crippen LogP contribution is 2.18. The SMILES string of the molecule is CC(N)(CO)CCN1CCC(N2CCOCC2)C1. The highest BCUT2D eigenvalue weighted by molar-refractivity contribution is 4.86. The van der Waals surface area contributed by atoms with Crippen molar-refractivity contribution in [3.63, 3.8) is 0 Å². The van der Waals surface area contributed by atoms with E-state index >= 15 is 0 Å². The maximum absolute atomic E-state index is 9.16. The van der Waals surface area contributed by atoms with Gasteiger partial charge in [-0.25, -0.2) is 0 Å².